The topological polar surface area (TPSA) is 71.9 Å². The number of nitrogens with one attached hydrogen (secondary N) is 1. The van der Waals surface area contributed by atoms with Crippen molar-refractivity contribution in [2.24, 2.45) is 0 Å². The van der Waals surface area contributed by atoms with Gasteiger partial charge in [0.15, 0.2) is 5.78 Å². The molecule has 1 unspecified atom stereocenters. The smallest absolute Gasteiger partial charge is 0.251 e. The largest absolute Gasteiger partial charge is 0.326 e. The zero-order chi connectivity index (χ0) is 17.9. The zero-order valence-corrected chi connectivity index (χ0v) is 14.7. The highest BCUT2D eigenvalue weighted by atomic mass is 16.1. The highest BCUT2D eigenvalue weighted by Crippen LogP contribution is 2.11. The Morgan fingerprint density at radius 1 is 1.25 bits per heavy atom. The number of rotatable bonds is 6. The maximum atomic E-state index is 12.4. The lowest BCUT2D eigenvalue weighted by Crippen LogP contribution is -2.23. The number of aromatic nitrogens is 2. The van der Waals surface area contributed by atoms with Crippen LogP contribution in [-0.2, 0) is 6.42 Å². The van der Waals surface area contributed by atoms with Gasteiger partial charge in [-0.3, -0.25) is 14.4 Å². The lowest BCUT2D eigenvalue weighted by molar-refractivity contribution is 0.0982. The van der Waals surface area contributed by atoms with Crippen LogP contribution in [0.4, 0.5) is 0 Å². The second-order valence-corrected chi connectivity index (χ2v) is 6.28. The fourth-order valence-corrected chi connectivity index (χ4v) is 2.80. The maximum absolute atomic E-state index is 12.4. The van der Waals surface area contributed by atoms with Gasteiger partial charge in [0.1, 0.15) is 0 Å². The summed E-state index contributed by atoms with van der Waals surface area (Å²) in [6.07, 6.45) is 3.10. The molecule has 2 rings (SSSR count). The molecule has 0 aliphatic heterocycles. The molecule has 0 bridgehead atoms. The van der Waals surface area contributed by atoms with E-state index in [-0.39, 0.29) is 29.4 Å². The predicted octanol–water partition coefficient (Wildman–Crippen LogP) is 2.94. The van der Waals surface area contributed by atoms with Gasteiger partial charge in [-0.2, -0.15) is 0 Å². The summed E-state index contributed by atoms with van der Waals surface area (Å²) in [6, 6.07) is 5.08. The first kappa shape index (κ1) is 17.9. The molecule has 0 aromatic carbocycles. The number of nitrogens with zero attached hydrogens (tertiary/aromatic N) is 1. The molecule has 0 radical (unpaired) electrons. The Kier molecular flexibility index (Phi) is 5.54. The van der Waals surface area contributed by atoms with Crippen molar-refractivity contribution >= 4 is 5.78 Å². The maximum Gasteiger partial charge on any atom is 0.251 e. The molecule has 0 spiro atoms. The second kappa shape index (κ2) is 7.43. The molecule has 1 atom stereocenters. The Balaban J connectivity index is 2.15. The number of pyridine rings is 2. The number of hydrogen-bond acceptors (Lipinski definition) is 3. The Bertz CT molecular complexity index is 862. The summed E-state index contributed by atoms with van der Waals surface area (Å²) in [5.41, 5.74) is 2.41. The van der Waals surface area contributed by atoms with E-state index < -0.39 is 0 Å². The van der Waals surface area contributed by atoms with Crippen molar-refractivity contribution in [2.75, 3.05) is 0 Å². The van der Waals surface area contributed by atoms with Crippen molar-refractivity contribution < 1.29 is 4.79 Å². The van der Waals surface area contributed by atoms with Crippen LogP contribution in [0.2, 0.25) is 0 Å². The van der Waals surface area contributed by atoms with E-state index in [1.165, 1.54) is 6.07 Å². The third kappa shape index (κ3) is 3.91. The first-order valence-corrected chi connectivity index (χ1v) is 8.28. The summed E-state index contributed by atoms with van der Waals surface area (Å²) in [6.45, 7) is 7.68. The molecule has 0 fully saturated rings. The SMILES string of the molecule is CCC(C)n1ccc(C(=O)CCc2c(C)cc(C)[nH]c2=O)cc1=O. The van der Waals surface area contributed by atoms with E-state index in [2.05, 4.69) is 4.98 Å². The van der Waals surface area contributed by atoms with E-state index in [1.807, 2.05) is 33.8 Å². The second-order valence-electron chi connectivity index (χ2n) is 6.28. The fraction of sp³-hybridized carbons (Fsp3) is 0.421. The molecule has 0 saturated carbocycles. The van der Waals surface area contributed by atoms with E-state index in [0.29, 0.717) is 17.5 Å². The number of H-pyrrole nitrogens is 1. The van der Waals surface area contributed by atoms with Crippen molar-refractivity contribution in [3.05, 3.63) is 67.5 Å². The minimum Gasteiger partial charge on any atom is -0.326 e. The highest BCUT2D eigenvalue weighted by Gasteiger charge is 2.12. The molecule has 1 N–H and O–H groups in total. The van der Waals surface area contributed by atoms with Gasteiger partial charge in [0, 0.05) is 41.5 Å². The van der Waals surface area contributed by atoms with Gasteiger partial charge in [-0.1, -0.05) is 6.92 Å². The van der Waals surface area contributed by atoms with Gasteiger partial charge in [-0.05, 0) is 51.3 Å². The number of aromatic amines is 1. The van der Waals surface area contributed by atoms with Gasteiger partial charge in [0.05, 0.1) is 0 Å². The number of hydrogen-bond donors (Lipinski definition) is 1. The van der Waals surface area contributed by atoms with Gasteiger partial charge in [0.25, 0.3) is 11.1 Å². The van der Waals surface area contributed by atoms with Gasteiger partial charge < -0.3 is 9.55 Å². The van der Waals surface area contributed by atoms with E-state index in [4.69, 9.17) is 0 Å². The Morgan fingerprint density at radius 2 is 1.96 bits per heavy atom. The predicted molar refractivity (Wildman–Crippen MR) is 94.9 cm³/mol. The number of carbonyl (C=O) groups is 1. The number of Topliss-reactive ketones (excluding diaryl/α,β-unsaturated/α-hetero) is 1. The van der Waals surface area contributed by atoms with Crippen LogP contribution in [0.3, 0.4) is 0 Å². The quantitative estimate of drug-likeness (QED) is 0.829. The van der Waals surface area contributed by atoms with Gasteiger partial charge in [-0.25, -0.2) is 0 Å². The van der Waals surface area contributed by atoms with Gasteiger partial charge >= 0.3 is 0 Å². The molecule has 0 amide bonds. The number of ketones is 1. The van der Waals surface area contributed by atoms with Crippen LogP contribution < -0.4 is 11.1 Å². The van der Waals surface area contributed by atoms with Crippen LogP contribution in [0.1, 0.15) is 59.9 Å². The summed E-state index contributed by atoms with van der Waals surface area (Å²) in [5.74, 6) is -0.122. The van der Waals surface area contributed by atoms with Crippen LogP contribution in [0.15, 0.2) is 34.0 Å². The fourth-order valence-electron chi connectivity index (χ4n) is 2.80. The van der Waals surface area contributed by atoms with Crippen LogP contribution in [0, 0.1) is 13.8 Å². The molecular formula is C19H24N2O3. The van der Waals surface area contributed by atoms with E-state index in [9.17, 15) is 14.4 Å². The Labute approximate surface area is 141 Å². The van der Waals surface area contributed by atoms with E-state index in [1.54, 1.807) is 16.8 Å². The van der Waals surface area contributed by atoms with Crippen molar-refractivity contribution in [1.29, 1.82) is 0 Å². The average molecular weight is 328 g/mol. The Morgan fingerprint density at radius 3 is 2.54 bits per heavy atom. The first-order chi connectivity index (χ1) is 11.3. The van der Waals surface area contributed by atoms with Gasteiger partial charge in [-0.15, -0.1) is 0 Å². The monoisotopic (exact) mass is 328 g/mol. The van der Waals surface area contributed by atoms with Crippen molar-refractivity contribution in [3.8, 4) is 0 Å². The highest BCUT2D eigenvalue weighted by molar-refractivity contribution is 5.96. The molecule has 128 valence electrons. The molecule has 2 heterocycles. The molecule has 0 saturated heterocycles. The molecule has 2 aromatic heterocycles. The summed E-state index contributed by atoms with van der Waals surface area (Å²) in [4.78, 5) is 39.2. The molecule has 5 heteroatoms. The summed E-state index contributed by atoms with van der Waals surface area (Å²) in [5, 5.41) is 0. The zero-order valence-electron chi connectivity index (χ0n) is 14.7. The van der Waals surface area contributed by atoms with Crippen molar-refractivity contribution in [1.82, 2.24) is 9.55 Å². The summed E-state index contributed by atoms with van der Waals surface area (Å²) >= 11 is 0. The third-order valence-corrected chi connectivity index (χ3v) is 4.43. The number of aryl methyl sites for hydroxylation is 2. The molecular weight excluding hydrogens is 304 g/mol. The molecule has 0 aliphatic rings. The first-order valence-electron chi connectivity index (χ1n) is 8.28. The minimum atomic E-state index is -0.167. The molecule has 5 nitrogen and oxygen atoms in total. The summed E-state index contributed by atoms with van der Waals surface area (Å²) < 4.78 is 1.63. The van der Waals surface area contributed by atoms with Crippen molar-refractivity contribution in [2.45, 2.75) is 53.0 Å². The normalized spacial score (nSPS) is 12.2. The average Bonchev–Trinajstić information content (AvgIpc) is 2.52. The number of carbonyl (C=O) groups excluding carboxylic acids is 1. The Hall–Kier alpha value is -2.43. The third-order valence-electron chi connectivity index (χ3n) is 4.43. The molecule has 2 aromatic rings. The lowest BCUT2D eigenvalue weighted by atomic mass is 10.0. The van der Waals surface area contributed by atoms with E-state index >= 15 is 0 Å². The lowest BCUT2D eigenvalue weighted by Gasteiger charge is -2.13. The van der Waals surface area contributed by atoms with Crippen LogP contribution in [0.5, 0.6) is 0 Å². The van der Waals surface area contributed by atoms with E-state index in [0.717, 1.165) is 17.7 Å². The summed E-state index contributed by atoms with van der Waals surface area (Å²) in [7, 11) is 0. The van der Waals surface area contributed by atoms with Crippen LogP contribution in [-0.4, -0.2) is 15.3 Å². The molecule has 24 heavy (non-hydrogen) atoms. The molecule has 0 aliphatic carbocycles. The van der Waals surface area contributed by atoms with Gasteiger partial charge in [0.2, 0.25) is 0 Å². The minimum absolute atomic E-state index is 0.107. The van der Waals surface area contributed by atoms with Crippen LogP contribution >= 0.6 is 0 Å². The standard InChI is InChI=1S/C19H24N2O3/c1-5-14(4)21-9-8-15(11-18(21)23)17(22)7-6-16-12(2)10-13(3)20-19(16)24/h8-11,14H,5-7H2,1-4H3,(H,20,24). The van der Waals surface area contributed by atoms with Crippen LogP contribution in [0.25, 0.3) is 0 Å². The van der Waals surface area contributed by atoms with Crippen molar-refractivity contribution in [3.63, 3.8) is 0 Å².